The van der Waals surface area contributed by atoms with E-state index in [0.29, 0.717) is 11.4 Å². The highest BCUT2D eigenvalue weighted by Gasteiger charge is 2.10. The van der Waals surface area contributed by atoms with Crippen LogP contribution in [-0.2, 0) is 11.2 Å². The van der Waals surface area contributed by atoms with Crippen molar-refractivity contribution in [1.29, 1.82) is 0 Å². The zero-order valence-electron chi connectivity index (χ0n) is 12.3. The van der Waals surface area contributed by atoms with E-state index in [1.807, 2.05) is 24.3 Å². The van der Waals surface area contributed by atoms with Gasteiger partial charge in [0.1, 0.15) is 4.99 Å². The molecule has 0 spiro atoms. The van der Waals surface area contributed by atoms with Crippen molar-refractivity contribution < 1.29 is 4.79 Å². The van der Waals surface area contributed by atoms with Crippen LogP contribution in [-0.4, -0.2) is 42.0 Å². The lowest BCUT2D eigenvalue weighted by Gasteiger charge is -2.14. The second-order valence-corrected chi connectivity index (χ2v) is 5.93. The van der Waals surface area contributed by atoms with Crippen LogP contribution in [0.25, 0.3) is 0 Å². The fourth-order valence-electron chi connectivity index (χ4n) is 2.57. The Morgan fingerprint density at radius 3 is 2.52 bits per heavy atom. The molecule has 0 unspecified atom stereocenters. The van der Waals surface area contributed by atoms with Gasteiger partial charge in [-0.25, -0.2) is 0 Å². The van der Waals surface area contributed by atoms with Gasteiger partial charge in [-0.05, 0) is 44.5 Å². The van der Waals surface area contributed by atoms with E-state index in [1.54, 1.807) is 0 Å². The summed E-state index contributed by atoms with van der Waals surface area (Å²) in [7, 11) is 0. The van der Waals surface area contributed by atoms with Crippen LogP contribution < -0.4 is 11.1 Å². The number of nitrogens with one attached hydrogen (secondary N) is 1. The maximum Gasteiger partial charge on any atom is 0.224 e. The summed E-state index contributed by atoms with van der Waals surface area (Å²) in [6.07, 6.45) is 4.05. The van der Waals surface area contributed by atoms with E-state index >= 15 is 0 Å². The molecular formula is C16H23N3OS. The number of rotatable bonds is 7. The molecule has 1 aliphatic rings. The van der Waals surface area contributed by atoms with Gasteiger partial charge in [0.05, 0.1) is 6.42 Å². The Kier molecular flexibility index (Phi) is 6.14. The Balaban J connectivity index is 1.65. The summed E-state index contributed by atoms with van der Waals surface area (Å²) in [5.74, 6) is 0.0690. The number of benzene rings is 1. The molecule has 21 heavy (non-hydrogen) atoms. The van der Waals surface area contributed by atoms with Crippen molar-refractivity contribution in [1.82, 2.24) is 10.2 Å². The van der Waals surface area contributed by atoms with Crippen molar-refractivity contribution in [3.63, 3.8) is 0 Å². The zero-order valence-corrected chi connectivity index (χ0v) is 13.1. The van der Waals surface area contributed by atoms with E-state index in [-0.39, 0.29) is 5.91 Å². The Bertz CT molecular complexity index is 481. The van der Waals surface area contributed by atoms with Gasteiger partial charge in [-0.1, -0.05) is 36.5 Å². The molecule has 1 heterocycles. The standard InChI is InChI=1S/C16H23N3OS/c17-16(21)14-6-4-13(5-7-14)12-15(20)18-8-3-11-19-9-1-2-10-19/h4-7H,1-3,8-12H2,(H2,17,21)(H,18,20). The number of carbonyl (C=O) groups excluding carboxylic acids is 1. The van der Waals surface area contributed by atoms with Gasteiger partial charge in [-0.15, -0.1) is 0 Å². The molecule has 0 bridgehead atoms. The number of hydrogen-bond donors (Lipinski definition) is 2. The van der Waals surface area contributed by atoms with Gasteiger partial charge in [0.2, 0.25) is 5.91 Å². The van der Waals surface area contributed by atoms with Gasteiger partial charge in [0.25, 0.3) is 0 Å². The smallest absolute Gasteiger partial charge is 0.224 e. The molecule has 1 fully saturated rings. The van der Waals surface area contributed by atoms with Crippen LogP contribution in [0.2, 0.25) is 0 Å². The average Bonchev–Trinajstić information content (AvgIpc) is 2.97. The average molecular weight is 305 g/mol. The summed E-state index contributed by atoms with van der Waals surface area (Å²) in [5.41, 5.74) is 7.36. The van der Waals surface area contributed by atoms with Crippen molar-refractivity contribution in [3.8, 4) is 0 Å². The Morgan fingerprint density at radius 1 is 1.24 bits per heavy atom. The molecule has 1 aromatic carbocycles. The van der Waals surface area contributed by atoms with Gasteiger partial charge in [-0.3, -0.25) is 4.79 Å². The fourth-order valence-corrected chi connectivity index (χ4v) is 2.71. The molecule has 0 aliphatic carbocycles. The van der Waals surface area contributed by atoms with Crippen molar-refractivity contribution >= 4 is 23.1 Å². The Morgan fingerprint density at radius 2 is 1.90 bits per heavy atom. The van der Waals surface area contributed by atoms with Crippen molar-refractivity contribution in [3.05, 3.63) is 35.4 Å². The SMILES string of the molecule is NC(=S)c1ccc(CC(=O)NCCCN2CCCC2)cc1. The predicted molar refractivity (Wildman–Crippen MR) is 89.3 cm³/mol. The van der Waals surface area contributed by atoms with E-state index < -0.39 is 0 Å². The molecule has 1 aromatic rings. The van der Waals surface area contributed by atoms with Crippen molar-refractivity contribution in [2.24, 2.45) is 5.73 Å². The summed E-state index contributed by atoms with van der Waals surface area (Å²) >= 11 is 4.90. The third-order valence-corrected chi connectivity index (χ3v) is 4.01. The van der Waals surface area contributed by atoms with Crippen LogP contribution in [0.4, 0.5) is 0 Å². The molecule has 0 atom stereocenters. The van der Waals surface area contributed by atoms with Crippen LogP contribution in [0.15, 0.2) is 24.3 Å². The highest BCUT2D eigenvalue weighted by atomic mass is 32.1. The fraction of sp³-hybridized carbons (Fsp3) is 0.500. The largest absolute Gasteiger partial charge is 0.389 e. The van der Waals surface area contributed by atoms with E-state index in [4.69, 9.17) is 18.0 Å². The first kappa shape index (κ1) is 15.9. The van der Waals surface area contributed by atoms with E-state index in [9.17, 15) is 4.79 Å². The first-order valence-electron chi connectivity index (χ1n) is 7.53. The summed E-state index contributed by atoms with van der Waals surface area (Å²) in [6, 6.07) is 7.52. The number of amides is 1. The summed E-state index contributed by atoms with van der Waals surface area (Å²) in [5, 5.41) is 2.98. The molecule has 4 nitrogen and oxygen atoms in total. The molecule has 2 rings (SSSR count). The summed E-state index contributed by atoms with van der Waals surface area (Å²) in [4.78, 5) is 14.7. The normalized spacial score (nSPS) is 15.0. The van der Waals surface area contributed by atoms with Gasteiger partial charge < -0.3 is 16.0 Å². The zero-order chi connectivity index (χ0) is 15.1. The first-order valence-corrected chi connectivity index (χ1v) is 7.94. The molecule has 0 aromatic heterocycles. The van der Waals surface area contributed by atoms with Crippen LogP contribution in [0.5, 0.6) is 0 Å². The van der Waals surface area contributed by atoms with Crippen LogP contribution in [0.1, 0.15) is 30.4 Å². The molecule has 0 saturated carbocycles. The number of nitrogens with two attached hydrogens (primary N) is 1. The molecule has 114 valence electrons. The van der Waals surface area contributed by atoms with Crippen LogP contribution >= 0.6 is 12.2 Å². The third kappa shape index (κ3) is 5.44. The lowest BCUT2D eigenvalue weighted by Crippen LogP contribution is -2.29. The molecule has 5 heteroatoms. The number of likely N-dealkylation sites (tertiary alicyclic amines) is 1. The maximum absolute atomic E-state index is 11.9. The van der Waals surface area contributed by atoms with Gasteiger partial charge in [-0.2, -0.15) is 0 Å². The Hall–Kier alpha value is -1.46. The Labute approximate surface area is 131 Å². The molecule has 3 N–H and O–H groups in total. The highest BCUT2D eigenvalue weighted by molar-refractivity contribution is 7.80. The molecular weight excluding hydrogens is 282 g/mol. The van der Waals surface area contributed by atoms with E-state index in [2.05, 4.69) is 10.2 Å². The molecule has 1 saturated heterocycles. The first-order chi connectivity index (χ1) is 10.1. The number of hydrogen-bond acceptors (Lipinski definition) is 3. The van der Waals surface area contributed by atoms with Gasteiger partial charge >= 0.3 is 0 Å². The van der Waals surface area contributed by atoms with Gasteiger partial charge in [0.15, 0.2) is 0 Å². The predicted octanol–water partition coefficient (Wildman–Crippen LogP) is 1.47. The number of carbonyl (C=O) groups is 1. The van der Waals surface area contributed by atoms with Crippen LogP contribution in [0, 0.1) is 0 Å². The number of nitrogens with zero attached hydrogens (tertiary/aromatic N) is 1. The number of thiocarbonyl (C=S) groups is 1. The second kappa shape index (κ2) is 8.10. The van der Waals surface area contributed by atoms with Crippen LogP contribution in [0.3, 0.4) is 0 Å². The minimum Gasteiger partial charge on any atom is -0.389 e. The maximum atomic E-state index is 11.9. The van der Waals surface area contributed by atoms with E-state index in [0.717, 1.165) is 30.6 Å². The molecule has 1 amide bonds. The minimum absolute atomic E-state index is 0.0690. The van der Waals surface area contributed by atoms with Crippen molar-refractivity contribution in [2.45, 2.75) is 25.7 Å². The van der Waals surface area contributed by atoms with E-state index in [1.165, 1.54) is 25.9 Å². The van der Waals surface area contributed by atoms with Crippen molar-refractivity contribution in [2.75, 3.05) is 26.2 Å². The third-order valence-electron chi connectivity index (χ3n) is 3.78. The summed E-state index contributed by atoms with van der Waals surface area (Å²) in [6.45, 7) is 4.26. The van der Waals surface area contributed by atoms with Gasteiger partial charge in [0, 0.05) is 12.1 Å². The lowest BCUT2D eigenvalue weighted by atomic mass is 10.1. The molecule has 1 aliphatic heterocycles. The lowest BCUT2D eigenvalue weighted by molar-refractivity contribution is -0.120. The monoisotopic (exact) mass is 305 g/mol. The molecule has 0 radical (unpaired) electrons. The quantitative estimate of drug-likeness (QED) is 0.591. The minimum atomic E-state index is 0.0690. The summed E-state index contributed by atoms with van der Waals surface area (Å²) < 4.78 is 0. The second-order valence-electron chi connectivity index (χ2n) is 5.49. The highest BCUT2D eigenvalue weighted by Crippen LogP contribution is 2.07. The topological polar surface area (TPSA) is 58.4 Å².